The molecule has 9 heteroatoms. The first-order valence-electron chi connectivity index (χ1n) is 37.7. The van der Waals surface area contributed by atoms with Crippen LogP contribution in [0.15, 0.2) is 72.9 Å². The molecule has 7 atom stereocenters. The van der Waals surface area contributed by atoms with Crippen molar-refractivity contribution in [3.63, 3.8) is 0 Å². The number of aliphatic hydroxyl groups excluding tert-OH is 5. The van der Waals surface area contributed by atoms with Crippen LogP contribution in [0.3, 0.4) is 0 Å². The lowest BCUT2D eigenvalue weighted by atomic mass is 9.99. The quantitative estimate of drug-likeness (QED) is 0.0261. The minimum absolute atomic E-state index is 0.188. The van der Waals surface area contributed by atoms with E-state index in [4.69, 9.17) is 9.47 Å². The third-order valence-electron chi connectivity index (χ3n) is 17.7. The van der Waals surface area contributed by atoms with Crippen LogP contribution in [-0.2, 0) is 14.3 Å². The summed E-state index contributed by atoms with van der Waals surface area (Å²) in [4.78, 5) is 13.1. The summed E-state index contributed by atoms with van der Waals surface area (Å²) in [5.74, 6) is -0.188. The van der Waals surface area contributed by atoms with Crippen molar-refractivity contribution in [3.05, 3.63) is 72.9 Å². The van der Waals surface area contributed by atoms with Crippen molar-refractivity contribution >= 4 is 5.91 Å². The molecule has 6 N–H and O–H groups in total. The number of unbranched alkanes of at least 4 members (excludes halogenated alkanes) is 46. The van der Waals surface area contributed by atoms with Gasteiger partial charge in [0, 0.05) is 6.42 Å². The molecule has 0 aliphatic carbocycles. The summed E-state index contributed by atoms with van der Waals surface area (Å²) in [6.45, 7) is 3.79. The molecule has 1 heterocycles. The fraction of sp³-hybridized carbons (Fsp3) is 0.833. The summed E-state index contributed by atoms with van der Waals surface area (Å²) in [6.07, 6.45) is 87.5. The normalized spacial score (nSPS) is 18.4. The van der Waals surface area contributed by atoms with Gasteiger partial charge < -0.3 is 40.3 Å². The van der Waals surface area contributed by atoms with E-state index in [-0.39, 0.29) is 12.5 Å². The van der Waals surface area contributed by atoms with E-state index in [0.29, 0.717) is 6.42 Å². The van der Waals surface area contributed by atoms with Gasteiger partial charge in [-0.15, -0.1) is 0 Å². The summed E-state index contributed by atoms with van der Waals surface area (Å²) < 4.78 is 11.3. The van der Waals surface area contributed by atoms with Crippen molar-refractivity contribution in [2.75, 3.05) is 13.2 Å². The van der Waals surface area contributed by atoms with E-state index in [1.54, 1.807) is 6.08 Å². The number of rotatable bonds is 66. The summed E-state index contributed by atoms with van der Waals surface area (Å²) in [5.41, 5.74) is 0. The fourth-order valence-corrected chi connectivity index (χ4v) is 11.8. The maximum atomic E-state index is 13.1. The molecule has 1 aliphatic heterocycles. The van der Waals surface area contributed by atoms with E-state index in [1.807, 2.05) is 6.08 Å². The Kier molecular flexibility index (Phi) is 63.2. The van der Waals surface area contributed by atoms with Crippen molar-refractivity contribution in [1.29, 1.82) is 0 Å². The first-order chi connectivity index (χ1) is 42.8. The summed E-state index contributed by atoms with van der Waals surface area (Å²) in [6, 6.07) is -0.833. The van der Waals surface area contributed by atoms with Gasteiger partial charge in [-0.1, -0.05) is 344 Å². The Morgan fingerprint density at radius 2 is 0.690 bits per heavy atom. The predicted molar refractivity (Wildman–Crippen MR) is 373 cm³/mol. The molecule has 0 bridgehead atoms. The van der Waals surface area contributed by atoms with Crippen LogP contribution < -0.4 is 5.32 Å². The zero-order chi connectivity index (χ0) is 62.8. The molecular weight excluding hydrogens is 1080 g/mol. The van der Waals surface area contributed by atoms with E-state index >= 15 is 0 Å². The molecule has 1 saturated heterocycles. The minimum Gasteiger partial charge on any atom is -0.394 e. The molecule has 0 saturated carbocycles. The van der Waals surface area contributed by atoms with Crippen LogP contribution >= 0.6 is 0 Å². The van der Waals surface area contributed by atoms with Gasteiger partial charge in [-0.3, -0.25) is 4.79 Å². The monoisotopic (exact) mass is 1220 g/mol. The first kappa shape index (κ1) is 82.6. The lowest BCUT2D eigenvalue weighted by molar-refractivity contribution is -0.302. The molecule has 7 unspecified atom stereocenters. The van der Waals surface area contributed by atoms with Crippen LogP contribution in [0.1, 0.15) is 361 Å². The Balaban J connectivity index is 2.14. The van der Waals surface area contributed by atoms with Gasteiger partial charge in [-0.25, -0.2) is 0 Å². The molecule has 1 amide bonds. The molecule has 1 fully saturated rings. The van der Waals surface area contributed by atoms with E-state index < -0.39 is 49.5 Å². The largest absolute Gasteiger partial charge is 0.394 e. The molecule has 87 heavy (non-hydrogen) atoms. The van der Waals surface area contributed by atoms with Gasteiger partial charge in [0.15, 0.2) is 6.29 Å². The fourth-order valence-electron chi connectivity index (χ4n) is 11.8. The lowest BCUT2D eigenvalue weighted by Gasteiger charge is -2.40. The average Bonchev–Trinajstić information content (AvgIpc) is 3.47. The third-order valence-corrected chi connectivity index (χ3v) is 17.7. The van der Waals surface area contributed by atoms with Crippen molar-refractivity contribution in [2.45, 2.75) is 403 Å². The zero-order valence-corrected chi connectivity index (χ0v) is 57.0. The number of aliphatic hydroxyl groups is 5. The molecule has 9 nitrogen and oxygen atoms in total. The highest BCUT2D eigenvalue weighted by Gasteiger charge is 2.44. The number of allylic oxidation sites excluding steroid dienone is 11. The van der Waals surface area contributed by atoms with Gasteiger partial charge in [0.2, 0.25) is 5.91 Å². The Hall–Kier alpha value is -2.37. The van der Waals surface area contributed by atoms with Crippen molar-refractivity contribution < 1.29 is 39.8 Å². The number of carbonyl (C=O) groups excluding carboxylic acids is 1. The van der Waals surface area contributed by atoms with Crippen LogP contribution in [0, 0.1) is 0 Å². The van der Waals surface area contributed by atoms with Gasteiger partial charge in [0.05, 0.1) is 25.4 Å². The molecule has 0 spiro atoms. The molecule has 0 aromatic heterocycles. The van der Waals surface area contributed by atoms with E-state index in [1.165, 1.54) is 283 Å². The van der Waals surface area contributed by atoms with Gasteiger partial charge in [0.1, 0.15) is 24.4 Å². The van der Waals surface area contributed by atoms with Crippen molar-refractivity contribution in [2.24, 2.45) is 0 Å². The molecule has 0 radical (unpaired) electrons. The average molecular weight is 1220 g/mol. The Morgan fingerprint density at radius 3 is 1.05 bits per heavy atom. The standard InChI is InChI=1S/C78H143NO8/c1-3-5-7-9-11-13-15-17-19-21-23-25-27-29-31-33-35-36-38-39-41-43-45-47-49-51-53-55-57-59-61-63-65-67-72(81)71(70-86-78-77(85)76(84)75(83)73(69-80)87-78)79-74(82)68-66-64-62-60-58-56-54-52-50-48-46-44-42-40-37-34-32-30-28-26-24-22-20-18-16-14-12-10-8-6-4-2/h16,18,22,24,28,30,49,51,57,59,65,67,71-73,75-78,80-81,83-85H,3-15,17,19-21,23,25-27,29,31-48,50,52-56,58,60-64,66,68-70H2,1-2H3,(H,79,82)/b18-16-,24-22-,30-28-,51-49+,59-57+,67-65+. The van der Waals surface area contributed by atoms with E-state index in [0.717, 1.165) is 57.8 Å². The molecular formula is C78H143NO8. The van der Waals surface area contributed by atoms with Crippen LogP contribution in [0.2, 0.25) is 0 Å². The first-order valence-corrected chi connectivity index (χ1v) is 37.7. The molecule has 508 valence electrons. The van der Waals surface area contributed by atoms with Crippen LogP contribution in [0.4, 0.5) is 0 Å². The van der Waals surface area contributed by atoms with Gasteiger partial charge in [-0.2, -0.15) is 0 Å². The van der Waals surface area contributed by atoms with Crippen LogP contribution in [0.25, 0.3) is 0 Å². The van der Waals surface area contributed by atoms with Crippen molar-refractivity contribution in [3.8, 4) is 0 Å². The number of hydrogen-bond acceptors (Lipinski definition) is 8. The maximum Gasteiger partial charge on any atom is 0.220 e. The highest BCUT2D eigenvalue weighted by atomic mass is 16.7. The van der Waals surface area contributed by atoms with E-state index in [9.17, 15) is 30.3 Å². The zero-order valence-electron chi connectivity index (χ0n) is 57.0. The second kappa shape index (κ2) is 66.5. The number of nitrogens with one attached hydrogen (secondary N) is 1. The third kappa shape index (κ3) is 55.0. The van der Waals surface area contributed by atoms with E-state index in [2.05, 4.69) is 79.9 Å². The van der Waals surface area contributed by atoms with Gasteiger partial charge in [-0.05, 0) is 83.5 Å². The highest BCUT2D eigenvalue weighted by Crippen LogP contribution is 2.23. The van der Waals surface area contributed by atoms with Crippen molar-refractivity contribution in [1.82, 2.24) is 5.32 Å². The second-order valence-corrected chi connectivity index (χ2v) is 26.1. The number of hydrogen-bond donors (Lipinski definition) is 6. The number of carbonyl (C=O) groups is 1. The summed E-state index contributed by atoms with van der Waals surface area (Å²) in [5, 5.41) is 54.8. The maximum absolute atomic E-state index is 13.1. The van der Waals surface area contributed by atoms with Gasteiger partial charge in [0.25, 0.3) is 0 Å². The van der Waals surface area contributed by atoms with Gasteiger partial charge >= 0.3 is 0 Å². The summed E-state index contributed by atoms with van der Waals surface area (Å²) >= 11 is 0. The Labute approximate surface area is 538 Å². The topological polar surface area (TPSA) is 149 Å². The Morgan fingerprint density at radius 1 is 0.391 bits per heavy atom. The number of ether oxygens (including phenoxy) is 2. The Bertz CT molecular complexity index is 1610. The molecule has 0 aromatic rings. The molecule has 1 aliphatic rings. The SMILES string of the molecule is CCCCCCC/C=C\C/C=C\C/C=C\CCCCCCCCCCCCCCCCCCC(=O)NC(COC1OC(CO)C(O)C(O)C1O)C(O)/C=C/CC/C=C/CC/C=C/CCCCCCCCCCCCCCCCCCCCCCCCC. The predicted octanol–water partition coefficient (Wildman–Crippen LogP) is 21.1. The lowest BCUT2D eigenvalue weighted by Crippen LogP contribution is -2.60. The van der Waals surface area contributed by atoms with Crippen LogP contribution in [-0.4, -0.2) is 87.5 Å². The molecule has 0 aromatic carbocycles. The summed E-state index contributed by atoms with van der Waals surface area (Å²) in [7, 11) is 0. The minimum atomic E-state index is -1.58. The van der Waals surface area contributed by atoms with Crippen LogP contribution in [0.5, 0.6) is 0 Å². The molecule has 1 rings (SSSR count). The highest BCUT2D eigenvalue weighted by molar-refractivity contribution is 5.76. The number of amides is 1. The second-order valence-electron chi connectivity index (χ2n) is 26.1. The smallest absolute Gasteiger partial charge is 0.220 e.